The van der Waals surface area contributed by atoms with Crippen LogP contribution in [-0.2, 0) is 0 Å². The molecule has 0 fully saturated rings. The molecule has 4 heteroatoms. The molecule has 0 amide bonds. The molecule has 0 aromatic heterocycles. The number of aliphatic hydroxyl groups excluding tert-OH is 1. The Balaban J connectivity index is 2.34. The van der Waals surface area contributed by atoms with Crippen molar-refractivity contribution in [2.24, 2.45) is 0 Å². The average molecular weight is 277 g/mol. The second-order valence-corrected chi connectivity index (χ2v) is 5.27. The number of hydrogen-bond acceptors (Lipinski definition) is 4. The van der Waals surface area contributed by atoms with Gasteiger partial charge in [-0.1, -0.05) is 24.3 Å². The summed E-state index contributed by atoms with van der Waals surface area (Å²) in [4.78, 5) is 0. The van der Waals surface area contributed by atoms with Gasteiger partial charge in [-0.2, -0.15) is 0 Å². The van der Waals surface area contributed by atoms with E-state index < -0.39 is 11.7 Å². The highest BCUT2D eigenvalue weighted by Gasteiger charge is 2.42. The molecular weight excluding hydrogens is 254 g/mol. The zero-order chi connectivity index (χ0) is 14.6. The molecule has 1 aromatic rings. The van der Waals surface area contributed by atoms with Crippen molar-refractivity contribution in [1.29, 1.82) is 0 Å². The normalized spacial score (nSPS) is 27.3. The van der Waals surface area contributed by atoms with E-state index in [0.29, 0.717) is 13.0 Å². The quantitative estimate of drug-likeness (QED) is 0.713. The van der Waals surface area contributed by atoms with Gasteiger partial charge in [-0.05, 0) is 37.6 Å². The molecule has 110 valence electrons. The fourth-order valence-electron chi connectivity index (χ4n) is 2.81. The van der Waals surface area contributed by atoms with Crippen LogP contribution < -0.4 is 10.1 Å². The van der Waals surface area contributed by atoms with E-state index in [9.17, 15) is 10.2 Å². The van der Waals surface area contributed by atoms with Gasteiger partial charge in [0.2, 0.25) is 0 Å². The number of ether oxygens (including phenoxy) is 1. The first-order chi connectivity index (χ1) is 9.61. The molecule has 0 aliphatic heterocycles. The summed E-state index contributed by atoms with van der Waals surface area (Å²) < 4.78 is 5.16. The lowest BCUT2D eigenvalue weighted by atomic mass is 9.74. The number of methoxy groups -OCH3 is 1. The van der Waals surface area contributed by atoms with Gasteiger partial charge in [0, 0.05) is 12.5 Å². The maximum absolute atomic E-state index is 10.9. The maximum Gasteiger partial charge on any atom is 0.118 e. The number of nitrogens with one attached hydrogen (secondary N) is 1. The Bertz CT molecular complexity index is 457. The van der Waals surface area contributed by atoms with Crippen molar-refractivity contribution >= 4 is 0 Å². The third kappa shape index (κ3) is 2.87. The van der Waals surface area contributed by atoms with Crippen LogP contribution >= 0.6 is 0 Å². The van der Waals surface area contributed by atoms with Crippen LogP contribution in [0, 0.1) is 0 Å². The lowest BCUT2D eigenvalue weighted by Crippen LogP contribution is -2.50. The van der Waals surface area contributed by atoms with Gasteiger partial charge in [-0.3, -0.25) is 0 Å². The summed E-state index contributed by atoms with van der Waals surface area (Å²) in [5.74, 6) is 0.577. The van der Waals surface area contributed by atoms with E-state index in [-0.39, 0.29) is 5.92 Å². The molecule has 1 aliphatic carbocycles. The summed E-state index contributed by atoms with van der Waals surface area (Å²) in [6.45, 7) is 0.588. The third-order valence-corrected chi connectivity index (χ3v) is 4.01. The predicted octanol–water partition coefficient (Wildman–Crippen LogP) is 1.44. The van der Waals surface area contributed by atoms with Gasteiger partial charge in [-0.25, -0.2) is 0 Å². The van der Waals surface area contributed by atoms with Crippen molar-refractivity contribution in [2.75, 3.05) is 20.7 Å². The number of hydrogen-bond donors (Lipinski definition) is 3. The molecule has 1 aliphatic rings. The van der Waals surface area contributed by atoms with E-state index in [4.69, 9.17) is 4.74 Å². The SMILES string of the molecule is CNCC(c1ccc(OC)cc1)C1(O)C=CCCC1O. The van der Waals surface area contributed by atoms with Gasteiger partial charge in [0.25, 0.3) is 0 Å². The first kappa shape index (κ1) is 15.0. The average Bonchev–Trinajstić information content (AvgIpc) is 2.48. The van der Waals surface area contributed by atoms with Crippen LogP contribution in [0.4, 0.5) is 0 Å². The van der Waals surface area contributed by atoms with Crippen LogP contribution in [0.15, 0.2) is 36.4 Å². The molecule has 0 saturated heterocycles. The first-order valence-corrected chi connectivity index (χ1v) is 6.98. The minimum atomic E-state index is -1.23. The first-order valence-electron chi connectivity index (χ1n) is 6.98. The zero-order valence-electron chi connectivity index (χ0n) is 12.0. The fourth-order valence-corrected chi connectivity index (χ4v) is 2.81. The van der Waals surface area contributed by atoms with Crippen LogP contribution in [0.5, 0.6) is 5.75 Å². The number of rotatable bonds is 5. The molecule has 0 heterocycles. The molecular formula is C16H23NO3. The van der Waals surface area contributed by atoms with E-state index in [1.807, 2.05) is 37.4 Å². The number of aliphatic hydroxyl groups is 2. The van der Waals surface area contributed by atoms with E-state index >= 15 is 0 Å². The van der Waals surface area contributed by atoms with E-state index in [1.165, 1.54) is 0 Å². The molecule has 4 nitrogen and oxygen atoms in total. The lowest BCUT2D eigenvalue weighted by molar-refractivity contribution is -0.0646. The maximum atomic E-state index is 10.9. The Hall–Kier alpha value is -1.36. The van der Waals surface area contributed by atoms with Gasteiger partial charge >= 0.3 is 0 Å². The second kappa shape index (κ2) is 6.39. The summed E-state index contributed by atoms with van der Waals surface area (Å²) in [5, 5.41) is 24.2. The van der Waals surface area contributed by atoms with Gasteiger partial charge in [0.1, 0.15) is 11.4 Å². The molecule has 0 spiro atoms. The highest BCUT2D eigenvalue weighted by atomic mass is 16.5. The highest BCUT2D eigenvalue weighted by Crippen LogP contribution is 2.36. The zero-order valence-corrected chi connectivity index (χ0v) is 12.0. The summed E-state index contributed by atoms with van der Waals surface area (Å²) in [7, 11) is 3.47. The molecule has 20 heavy (non-hydrogen) atoms. The van der Waals surface area contributed by atoms with Gasteiger partial charge in [0.15, 0.2) is 0 Å². The number of allylic oxidation sites excluding steroid dienone is 1. The van der Waals surface area contributed by atoms with Crippen molar-refractivity contribution < 1.29 is 14.9 Å². The van der Waals surface area contributed by atoms with Crippen LogP contribution in [0.3, 0.4) is 0 Å². The van der Waals surface area contributed by atoms with Crippen LogP contribution in [-0.4, -0.2) is 42.6 Å². The summed E-state index contributed by atoms with van der Waals surface area (Å²) >= 11 is 0. The molecule has 3 atom stereocenters. The monoisotopic (exact) mass is 277 g/mol. The molecule has 1 aromatic carbocycles. The van der Waals surface area contributed by atoms with Gasteiger partial charge in [0.05, 0.1) is 13.2 Å². The Labute approximate surface area is 120 Å². The van der Waals surface area contributed by atoms with Crippen molar-refractivity contribution in [3.8, 4) is 5.75 Å². The van der Waals surface area contributed by atoms with Crippen molar-refractivity contribution in [3.63, 3.8) is 0 Å². The molecule has 3 N–H and O–H groups in total. The van der Waals surface area contributed by atoms with Crippen LogP contribution in [0.1, 0.15) is 24.3 Å². The smallest absolute Gasteiger partial charge is 0.118 e. The fraction of sp³-hybridized carbons (Fsp3) is 0.500. The molecule has 0 bridgehead atoms. The lowest BCUT2D eigenvalue weighted by Gasteiger charge is -2.40. The molecule has 0 radical (unpaired) electrons. The molecule has 2 rings (SSSR count). The minimum Gasteiger partial charge on any atom is -0.497 e. The Kier molecular flexibility index (Phi) is 4.81. The summed E-state index contributed by atoms with van der Waals surface area (Å²) in [5.41, 5.74) is -0.246. The van der Waals surface area contributed by atoms with E-state index in [0.717, 1.165) is 17.7 Å². The van der Waals surface area contributed by atoms with Crippen LogP contribution in [0.25, 0.3) is 0 Å². The Morgan fingerprint density at radius 3 is 2.65 bits per heavy atom. The summed E-state index contributed by atoms with van der Waals surface area (Å²) in [6.07, 6.45) is 4.33. The Morgan fingerprint density at radius 2 is 2.10 bits per heavy atom. The van der Waals surface area contributed by atoms with Crippen molar-refractivity contribution in [1.82, 2.24) is 5.32 Å². The molecule has 3 unspecified atom stereocenters. The topological polar surface area (TPSA) is 61.7 Å². The van der Waals surface area contributed by atoms with E-state index in [2.05, 4.69) is 5.32 Å². The number of likely N-dealkylation sites (N-methyl/N-ethyl adjacent to an activating group) is 1. The largest absolute Gasteiger partial charge is 0.497 e. The summed E-state index contributed by atoms with van der Waals surface area (Å²) in [6, 6.07) is 7.63. The van der Waals surface area contributed by atoms with Gasteiger partial charge in [-0.15, -0.1) is 0 Å². The van der Waals surface area contributed by atoms with Crippen LogP contribution in [0.2, 0.25) is 0 Å². The minimum absolute atomic E-state index is 0.204. The predicted molar refractivity (Wildman–Crippen MR) is 79.0 cm³/mol. The third-order valence-electron chi connectivity index (χ3n) is 4.01. The second-order valence-electron chi connectivity index (χ2n) is 5.27. The number of benzene rings is 1. The van der Waals surface area contributed by atoms with Crippen molar-refractivity contribution in [2.45, 2.75) is 30.5 Å². The molecule has 0 saturated carbocycles. The highest BCUT2D eigenvalue weighted by molar-refractivity contribution is 5.34. The van der Waals surface area contributed by atoms with Gasteiger partial charge < -0.3 is 20.3 Å². The van der Waals surface area contributed by atoms with E-state index in [1.54, 1.807) is 13.2 Å². The van der Waals surface area contributed by atoms with Crippen molar-refractivity contribution in [3.05, 3.63) is 42.0 Å². The Morgan fingerprint density at radius 1 is 1.40 bits per heavy atom. The standard InChI is InChI=1S/C16H23NO3/c1-17-11-14(12-6-8-13(20-2)9-7-12)16(19)10-4-3-5-15(16)18/h4,6-10,14-15,17-19H,3,5,11H2,1-2H3.